The molecule has 0 aromatic heterocycles. The number of nitrogens with one attached hydrogen (secondary N) is 1. The molecule has 0 heterocycles. The van der Waals surface area contributed by atoms with Gasteiger partial charge in [0.1, 0.15) is 10.6 Å². The first-order chi connectivity index (χ1) is 12.4. The molecule has 0 atom stereocenters. The maximum absolute atomic E-state index is 12.1. The van der Waals surface area contributed by atoms with E-state index in [2.05, 4.69) is 10.2 Å². The van der Waals surface area contributed by atoms with Gasteiger partial charge < -0.3 is 14.9 Å². The van der Waals surface area contributed by atoms with E-state index in [-0.39, 0.29) is 15.7 Å². The first-order valence-corrected chi connectivity index (χ1v) is 9.91. The quantitative estimate of drug-likeness (QED) is 0.357. The fraction of sp³-hybridized carbons (Fsp3) is 0.235. The average Bonchev–Trinajstić information content (AvgIpc) is 2.62. The summed E-state index contributed by atoms with van der Waals surface area (Å²) in [6.45, 7) is 2.66. The number of para-hydroxylation sites is 1. The lowest BCUT2D eigenvalue weighted by Crippen LogP contribution is -2.17. The van der Waals surface area contributed by atoms with Crippen LogP contribution in [0.4, 0.5) is 5.69 Å². The summed E-state index contributed by atoms with van der Waals surface area (Å²) >= 11 is 5.02. The summed E-state index contributed by atoms with van der Waals surface area (Å²) in [5.41, 5.74) is 0.745. The Hall–Kier alpha value is -2.20. The van der Waals surface area contributed by atoms with E-state index in [0.29, 0.717) is 23.5 Å². The molecule has 0 bridgehead atoms. The van der Waals surface area contributed by atoms with Gasteiger partial charge in [-0.1, -0.05) is 31.5 Å². The zero-order valence-electron chi connectivity index (χ0n) is 14.3. The normalized spacial score (nSPS) is 11.0. The second-order valence-electron chi connectivity index (χ2n) is 5.50. The molecule has 0 aliphatic heterocycles. The Morgan fingerprint density at radius 1 is 1.23 bits per heavy atom. The van der Waals surface area contributed by atoms with Crippen LogP contribution in [-0.2, 0) is 14.9 Å². The Bertz CT molecular complexity index is 871. The number of primary sulfonamides is 1. The number of benzene rings is 2. The van der Waals surface area contributed by atoms with E-state index in [1.54, 1.807) is 30.3 Å². The van der Waals surface area contributed by atoms with Crippen LogP contribution >= 0.6 is 12.2 Å². The maximum Gasteiger partial charge on any atom is 0.241 e. The molecule has 2 rings (SSSR count). The highest BCUT2D eigenvalue weighted by molar-refractivity contribution is 7.89. The van der Waals surface area contributed by atoms with Gasteiger partial charge in [-0.3, -0.25) is 0 Å². The van der Waals surface area contributed by atoms with Crippen molar-refractivity contribution < 1.29 is 18.0 Å². The molecule has 2 aromatic rings. The van der Waals surface area contributed by atoms with Gasteiger partial charge in [0.15, 0.2) is 5.75 Å². The molecule has 2 aromatic carbocycles. The van der Waals surface area contributed by atoms with Crippen molar-refractivity contribution in [3.05, 3.63) is 48.0 Å². The molecule has 0 amide bonds. The smallest absolute Gasteiger partial charge is 0.241 e. The van der Waals surface area contributed by atoms with Crippen molar-refractivity contribution in [1.82, 2.24) is 0 Å². The highest BCUT2D eigenvalue weighted by Crippen LogP contribution is 2.37. The fourth-order valence-electron chi connectivity index (χ4n) is 2.24. The van der Waals surface area contributed by atoms with Gasteiger partial charge in [-0.15, -0.1) is 0 Å². The number of anilines is 1. The molecule has 0 radical (unpaired) electrons. The third kappa shape index (κ3) is 5.15. The zero-order chi connectivity index (χ0) is 19.2. The SMILES string of the molecule is CCCCNc1cc(C(=S)ON)cc(S(N)(=O)=O)c1Oc1ccccc1. The third-order valence-electron chi connectivity index (χ3n) is 3.51. The fourth-order valence-corrected chi connectivity index (χ4v) is 3.06. The topological polar surface area (TPSA) is 117 Å². The van der Waals surface area contributed by atoms with Crippen LogP contribution in [0.2, 0.25) is 0 Å². The van der Waals surface area contributed by atoms with Gasteiger partial charge in [-0.25, -0.2) is 13.6 Å². The highest BCUT2D eigenvalue weighted by Gasteiger charge is 2.23. The molecule has 5 N–H and O–H groups in total. The number of ether oxygens (including phenoxy) is 1. The lowest BCUT2D eigenvalue weighted by molar-refractivity contribution is 0.331. The van der Waals surface area contributed by atoms with Crippen LogP contribution in [0.3, 0.4) is 0 Å². The predicted molar refractivity (Wildman–Crippen MR) is 105 cm³/mol. The Kier molecular flexibility index (Phi) is 6.92. The zero-order valence-corrected chi connectivity index (χ0v) is 15.9. The summed E-state index contributed by atoms with van der Waals surface area (Å²) in [4.78, 5) is 4.36. The molecule has 0 saturated carbocycles. The summed E-state index contributed by atoms with van der Waals surface area (Å²) in [5.74, 6) is 5.69. The summed E-state index contributed by atoms with van der Waals surface area (Å²) in [6, 6.07) is 11.7. The Balaban J connectivity index is 2.60. The van der Waals surface area contributed by atoms with Crippen molar-refractivity contribution in [3.8, 4) is 11.5 Å². The van der Waals surface area contributed by atoms with Crippen LogP contribution in [0.25, 0.3) is 0 Å². The van der Waals surface area contributed by atoms with Gasteiger partial charge >= 0.3 is 0 Å². The first-order valence-electron chi connectivity index (χ1n) is 7.95. The number of hydrogen-bond acceptors (Lipinski definition) is 7. The van der Waals surface area contributed by atoms with Crippen LogP contribution in [0.5, 0.6) is 11.5 Å². The van der Waals surface area contributed by atoms with Gasteiger partial charge in [0, 0.05) is 12.1 Å². The minimum atomic E-state index is -4.09. The summed E-state index contributed by atoms with van der Waals surface area (Å²) in [7, 11) is -4.09. The van der Waals surface area contributed by atoms with Gasteiger partial charge in [-0.2, -0.15) is 5.90 Å². The van der Waals surface area contributed by atoms with Crippen molar-refractivity contribution in [3.63, 3.8) is 0 Å². The second-order valence-corrected chi connectivity index (χ2v) is 7.40. The molecule has 0 saturated heterocycles. The minimum absolute atomic E-state index is 0.0558. The first kappa shape index (κ1) is 20.1. The standard InChI is InChI=1S/C17H21N3O4S2/c1-2-3-9-20-14-10-12(17(25)24-18)11-15(26(19,21)22)16(14)23-13-7-5-4-6-8-13/h4-8,10-11,20H,2-3,9,18H2,1H3,(H2,19,21,22). The summed E-state index contributed by atoms with van der Waals surface area (Å²) in [6.07, 6.45) is 1.85. The van der Waals surface area contributed by atoms with Crippen LogP contribution in [0, 0.1) is 0 Å². The number of unbranched alkanes of at least 4 members (excludes halogenated alkanes) is 1. The molecule has 0 fully saturated rings. The molecule has 7 nitrogen and oxygen atoms in total. The van der Waals surface area contributed by atoms with Crippen molar-refractivity contribution in [2.24, 2.45) is 11.0 Å². The van der Waals surface area contributed by atoms with Crippen LogP contribution in [0.1, 0.15) is 25.3 Å². The minimum Gasteiger partial charge on any atom is -0.454 e. The Morgan fingerprint density at radius 2 is 1.92 bits per heavy atom. The molecule has 0 aliphatic rings. The van der Waals surface area contributed by atoms with Crippen molar-refractivity contribution in [1.29, 1.82) is 0 Å². The molecule has 26 heavy (non-hydrogen) atoms. The molecular formula is C17H21N3O4S2. The van der Waals surface area contributed by atoms with E-state index >= 15 is 0 Å². The number of hydrogen-bond donors (Lipinski definition) is 3. The van der Waals surface area contributed by atoms with E-state index in [0.717, 1.165) is 12.8 Å². The maximum atomic E-state index is 12.1. The monoisotopic (exact) mass is 395 g/mol. The molecule has 0 aliphatic carbocycles. The largest absolute Gasteiger partial charge is 0.454 e. The molecule has 140 valence electrons. The Labute approximate surface area is 158 Å². The van der Waals surface area contributed by atoms with Crippen LogP contribution in [-0.4, -0.2) is 20.0 Å². The van der Waals surface area contributed by atoms with Gasteiger partial charge in [-0.05, 0) is 42.9 Å². The summed E-state index contributed by atoms with van der Waals surface area (Å²) in [5, 5.41) is 8.50. The van der Waals surface area contributed by atoms with Crippen molar-refractivity contribution in [2.75, 3.05) is 11.9 Å². The number of sulfonamides is 1. The molecule has 0 unspecified atom stereocenters. The predicted octanol–water partition coefficient (Wildman–Crippen LogP) is 2.90. The number of nitrogens with two attached hydrogens (primary N) is 2. The van der Waals surface area contributed by atoms with Crippen molar-refractivity contribution in [2.45, 2.75) is 24.7 Å². The molecular weight excluding hydrogens is 374 g/mol. The van der Waals surface area contributed by atoms with Crippen LogP contribution in [0.15, 0.2) is 47.4 Å². The Morgan fingerprint density at radius 3 is 2.50 bits per heavy atom. The molecule has 9 heteroatoms. The second kappa shape index (κ2) is 8.95. The summed E-state index contributed by atoms with van der Waals surface area (Å²) < 4.78 is 30.1. The number of thiocarbonyl (C=S) groups is 1. The van der Waals surface area contributed by atoms with Gasteiger partial charge in [0.05, 0.1) is 5.69 Å². The lowest BCUT2D eigenvalue weighted by atomic mass is 10.2. The third-order valence-corrected chi connectivity index (χ3v) is 4.76. The average molecular weight is 396 g/mol. The highest BCUT2D eigenvalue weighted by atomic mass is 32.2. The van der Waals surface area contributed by atoms with Crippen LogP contribution < -0.4 is 21.1 Å². The van der Waals surface area contributed by atoms with Gasteiger partial charge in [0.25, 0.3) is 0 Å². The van der Waals surface area contributed by atoms with E-state index in [1.807, 2.05) is 13.0 Å². The van der Waals surface area contributed by atoms with E-state index < -0.39 is 10.0 Å². The number of rotatable bonds is 8. The van der Waals surface area contributed by atoms with E-state index in [9.17, 15) is 8.42 Å². The van der Waals surface area contributed by atoms with Crippen molar-refractivity contribution >= 4 is 33.0 Å². The molecule has 0 spiro atoms. The van der Waals surface area contributed by atoms with E-state index in [4.69, 9.17) is 28.0 Å². The van der Waals surface area contributed by atoms with Gasteiger partial charge in [0.2, 0.25) is 15.1 Å². The van der Waals surface area contributed by atoms with E-state index in [1.165, 1.54) is 6.07 Å². The lowest BCUT2D eigenvalue weighted by Gasteiger charge is -2.18.